The summed E-state index contributed by atoms with van der Waals surface area (Å²) in [7, 11) is 0. The number of anilines is 1. The highest BCUT2D eigenvalue weighted by molar-refractivity contribution is 8.03. The van der Waals surface area contributed by atoms with Crippen LogP contribution in [0.4, 0.5) is 11.4 Å². The molecule has 1 aromatic carbocycles. The third-order valence-corrected chi connectivity index (χ3v) is 3.15. The second-order valence-corrected chi connectivity index (χ2v) is 4.79. The summed E-state index contributed by atoms with van der Waals surface area (Å²) >= 11 is 6.15. The first kappa shape index (κ1) is 14.0. The van der Waals surface area contributed by atoms with Gasteiger partial charge in [0.2, 0.25) is 0 Å². The minimum Gasteiger partial charge on any atom is -0.331 e. The summed E-state index contributed by atoms with van der Waals surface area (Å²) in [5, 5.41) is 28.0. The largest absolute Gasteiger partial charge is 0.331 e. The number of thiocarbonyl (C=S) groups is 1. The first-order chi connectivity index (χ1) is 9.60. The molecule has 0 spiro atoms. The number of thioether (sulfide) groups is 1. The molecule has 0 aliphatic carbocycles. The zero-order valence-corrected chi connectivity index (χ0v) is 11.5. The second kappa shape index (κ2) is 6.14. The van der Waals surface area contributed by atoms with Gasteiger partial charge in [0, 0.05) is 10.6 Å². The summed E-state index contributed by atoms with van der Waals surface area (Å²) in [4.78, 5) is 10.8. The maximum Gasteiger partial charge on any atom is 0.307 e. The van der Waals surface area contributed by atoms with Crippen molar-refractivity contribution >= 4 is 40.5 Å². The fourth-order valence-corrected chi connectivity index (χ4v) is 1.95. The molecule has 1 N–H and O–H groups in total. The van der Waals surface area contributed by atoms with Gasteiger partial charge in [0.05, 0.1) is 4.92 Å². The lowest BCUT2D eigenvalue weighted by Crippen LogP contribution is -2.19. The smallest absolute Gasteiger partial charge is 0.307 e. The van der Waals surface area contributed by atoms with Crippen molar-refractivity contribution in [3.63, 3.8) is 0 Å². The highest BCUT2D eigenvalue weighted by Crippen LogP contribution is 2.19. The van der Waals surface area contributed by atoms with Crippen LogP contribution in [-0.4, -0.2) is 19.8 Å². The Morgan fingerprint density at radius 2 is 2.20 bits per heavy atom. The summed E-state index contributed by atoms with van der Waals surface area (Å²) in [6, 6.07) is 7.04. The minimum atomic E-state index is -0.542. The number of nitriles is 1. The Morgan fingerprint density at radius 1 is 1.50 bits per heavy atom. The Morgan fingerprint density at radius 3 is 2.75 bits per heavy atom. The maximum absolute atomic E-state index is 10.6. The van der Waals surface area contributed by atoms with Gasteiger partial charge in [-0.05, 0) is 48.2 Å². The number of nitro groups is 1. The van der Waals surface area contributed by atoms with E-state index in [0.717, 1.165) is 22.9 Å². The summed E-state index contributed by atoms with van der Waals surface area (Å²) in [5.41, 5.74) is 0.574. The van der Waals surface area contributed by atoms with Crippen molar-refractivity contribution in [2.24, 2.45) is 0 Å². The average Bonchev–Trinajstić information content (AvgIpc) is 2.91. The SMILES string of the molecule is N#CSc1ccc(NC(=S)n2cc([N+](=O)[O-])cn2)cc1. The summed E-state index contributed by atoms with van der Waals surface area (Å²) in [6.45, 7) is 0. The quantitative estimate of drug-likeness (QED) is 0.306. The lowest BCUT2D eigenvalue weighted by molar-refractivity contribution is -0.384. The van der Waals surface area contributed by atoms with Crippen LogP contribution in [0.5, 0.6) is 0 Å². The number of hydrogen-bond acceptors (Lipinski definition) is 6. The molecular formula is C11H7N5O2S2. The van der Waals surface area contributed by atoms with Gasteiger partial charge in [-0.3, -0.25) is 10.1 Å². The Hall–Kier alpha value is -2.44. The van der Waals surface area contributed by atoms with Gasteiger partial charge < -0.3 is 5.32 Å². The van der Waals surface area contributed by atoms with Crippen molar-refractivity contribution in [1.29, 1.82) is 5.26 Å². The van der Waals surface area contributed by atoms with Gasteiger partial charge in [0.1, 0.15) is 17.8 Å². The van der Waals surface area contributed by atoms with E-state index in [9.17, 15) is 10.1 Å². The van der Waals surface area contributed by atoms with Crippen molar-refractivity contribution in [1.82, 2.24) is 9.78 Å². The van der Waals surface area contributed by atoms with Gasteiger partial charge in [-0.25, -0.2) is 4.68 Å². The minimum absolute atomic E-state index is 0.130. The van der Waals surface area contributed by atoms with Gasteiger partial charge in [-0.2, -0.15) is 10.4 Å². The zero-order chi connectivity index (χ0) is 14.5. The van der Waals surface area contributed by atoms with Crippen LogP contribution in [0.25, 0.3) is 0 Å². The monoisotopic (exact) mass is 305 g/mol. The lowest BCUT2D eigenvalue weighted by Gasteiger charge is -2.07. The van der Waals surface area contributed by atoms with Crippen LogP contribution in [0.2, 0.25) is 0 Å². The molecule has 0 aliphatic rings. The van der Waals surface area contributed by atoms with Crippen molar-refractivity contribution in [3.05, 3.63) is 46.8 Å². The molecule has 7 nitrogen and oxygen atoms in total. The molecule has 0 saturated carbocycles. The molecule has 0 saturated heterocycles. The van der Waals surface area contributed by atoms with Crippen LogP contribution < -0.4 is 5.32 Å². The van der Waals surface area contributed by atoms with Crippen molar-refractivity contribution in [2.45, 2.75) is 4.90 Å². The van der Waals surface area contributed by atoms with Gasteiger partial charge in [-0.1, -0.05) is 0 Å². The van der Waals surface area contributed by atoms with Crippen molar-refractivity contribution in [3.8, 4) is 5.40 Å². The van der Waals surface area contributed by atoms with E-state index in [1.165, 1.54) is 10.9 Å². The molecule has 0 atom stereocenters. The predicted molar refractivity (Wildman–Crippen MR) is 78.4 cm³/mol. The number of hydrogen-bond donors (Lipinski definition) is 1. The van der Waals surface area contributed by atoms with Gasteiger partial charge in [0.15, 0.2) is 5.11 Å². The van der Waals surface area contributed by atoms with E-state index < -0.39 is 4.92 Å². The fourth-order valence-electron chi connectivity index (χ4n) is 1.36. The predicted octanol–water partition coefficient (Wildman–Crippen LogP) is 2.61. The number of nitrogens with zero attached hydrogens (tertiary/aromatic N) is 4. The molecule has 100 valence electrons. The standard InChI is InChI=1S/C11H7N5O2S2/c12-7-20-10-3-1-8(2-4-10)14-11(19)15-6-9(5-13-15)16(17)18/h1-6H,(H,14,19). The maximum atomic E-state index is 10.6. The number of thiocyanates is 1. The Labute approximate surface area is 123 Å². The number of benzene rings is 1. The van der Waals surface area contributed by atoms with Crippen molar-refractivity contribution < 1.29 is 4.92 Å². The van der Waals surface area contributed by atoms with E-state index in [2.05, 4.69) is 10.4 Å². The van der Waals surface area contributed by atoms with Crippen LogP contribution in [0.15, 0.2) is 41.6 Å². The molecule has 0 fully saturated rings. The molecule has 2 rings (SSSR count). The van der Waals surface area contributed by atoms with Crippen LogP contribution in [0, 0.1) is 20.8 Å². The van der Waals surface area contributed by atoms with E-state index in [4.69, 9.17) is 17.5 Å². The van der Waals surface area contributed by atoms with Crippen LogP contribution >= 0.6 is 24.0 Å². The fraction of sp³-hybridized carbons (Fsp3) is 0. The third-order valence-electron chi connectivity index (χ3n) is 2.26. The Kier molecular flexibility index (Phi) is 4.29. The van der Waals surface area contributed by atoms with E-state index in [-0.39, 0.29) is 10.8 Å². The molecule has 20 heavy (non-hydrogen) atoms. The molecule has 1 heterocycles. The number of aromatic nitrogens is 2. The van der Waals surface area contributed by atoms with Crippen LogP contribution in [0.3, 0.4) is 0 Å². The Bertz CT molecular complexity index is 690. The zero-order valence-electron chi connectivity index (χ0n) is 9.89. The molecule has 9 heteroatoms. The van der Waals surface area contributed by atoms with E-state index in [1.54, 1.807) is 24.3 Å². The number of nitrogens with one attached hydrogen (secondary N) is 1. The molecule has 1 aromatic heterocycles. The summed E-state index contributed by atoms with van der Waals surface area (Å²) < 4.78 is 1.21. The van der Waals surface area contributed by atoms with Gasteiger partial charge in [0.25, 0.3) is 0 Å². The Balaban J connectivity index is 2.07. The normalized spacial score (nSPS) is 9.75. The third kappa shape index (κ3) is 3.31. The summed E-state index contributed by atoms with van der Waals surface area (Å²) in [6.07, 6.45) is 2.36. The van der Waals surface area contributed by atoms with E-state index >= 15 is 0 Å². The molecular weight excluding hydrogens is 298 g/mol. The van der Waals surface area contributed by atoms with E-state index in [0.29, 0.717) is 5.69 Å². The lowest BCUT2D eigenvalue weighted by atomic mass is 10.3. The number of rotatable bonds is 3. The van der Waals surface area contributed by atoms with Crippen LogP contribution in [0.1, 0.15) is 0 Å². The van der Waals surface area contributed by atoms with Gasteiger partial charge in [-0.15, -0.1) is 0 Å². The molecule has 0 amide bonds. The van der Waals surface area contributed by atoms with Crippen LogP contribution in [-0.2, 0) is 0 Å². The first-order valence-electron chi connectivity index (χ1n) is 5.26. The molecule has 0 radical (unpaired) electrons. The first-order valence-corrected chi connectivity index (χ1v) is 6.49. The highest BCUT2D eigenvalue weighted by atomic mass is 32.2. The summed E-state index contributed by atoms with van der Waals surface area (Å²) in [5.74, 6) is 0. The molecule has 0 aliphatic heterocycles. The molecule has 0 bridgehead atoms. The molecule has 0 unspecified atom stereocenters. The topological polar surface area (TPSA) is 96.8 Å². The van der Waals surface area contributed by atoms with Crippen molar-refractivity contribution in [2.75, 3.05) is 5.32 Å². The van der Waals surface area contributed by atoms with Gasteiger partial charge >= 0.3 is 5.69 Å². The second-order valence-electron chi connectivity index (χ2n) is 3.55. The average molecular weight is 305 g/mol. The van der Waals surface area contributed by atoms with E-state index in [1.807, 2.05) is 5.40 Å². The molecule has 2 aromatic rings. The highest BCUT2D eigenvalue weighted by Gasteiger charge is 2.11.